The summed E-state index contributed by atoms with van der Waals surface area (Å²) in [6.07, 6.45) is 13.4. The minimum Gasteiger partial charge on any atom is -0.444 e. The summed E-state index contributed by atoms with van der Waals surface area (Å²) in [7, 11) is 0. The number of allylic oxidation sites excluding steroid dienone is 6. The molecule has 0 aromatic rings. The van der Waals surface area contributed by atoms with E-state index in [2.05, 4.69) is 57.0 Å². The minimum atomic E-state index is -0.494. The smallest absolute Gasteiger partial charge is 0.408 e. The average Bonchev–Trinajstić information content (AvgIpc) is 2.49. The second-order valence-electron chi connectivity index (χ2n) is 8.17. The van der Waals surface area contributed by atoms with E-state index in [0.29, 0.717) is 5.92 Å². The largest absolute Gasteiger partial charge is 0.444 e. The second-order valence-corrected chi connectivity index (χ2v) is 8.17. The van der Waals surface area contributed by atoms with Crippen LogP contribution >= 0.6 is 0 Å². The summed E-state index contributed by atoms with van der Waals surface area (Å²) in [4.78, 5) is 12.2. The molecule has 0 spiro atoms. The third kappa shape index (κ3) is 8.24. The number of hydrogen-bond acceptors (Lipinski definition) is 2. The molecule has 0 aliphatic heterocycles. The van der Waals surface area contributed by atoms with E-state index in [9.17, 15) is 4.79 Å². The van der Waals surface area contributed by atoms with Crippen molar-refractivity contribution in [2.24, 2.45) is 11.8 Å². The molecule has 1 N–H and O–H groups in total. The van der Waals surface area contributed by atoms with E-state index in [-0.39, 0.29) is 18.1 Å². The normalized spacial score (nSPS) is 19.4. The molecule has 0 aromatic heterocycles. The molecule has 25 heavy (non-hydrogen) atoms. The fraction of sp³-hybridized carbons (Fsp3) is 0.591. The minimum absolute atomic E-state index is 0.0664. The Balaban J connectivity index is 2.97. The van der Waals surface area contributed by atoms with Crippen molar-refractivity contribution in [1.82, 2.24) is 5.32 Å². The Morgan fingerprint density at radius 3 is 2.60 bits per heavy atom. The van der Waals surface area contributed by atoms with Gasteiger partial charge in [-0.1, -0.05) is 51.2 Å². The Hall–Kier alpha value is -1.77. The zero-order chi connectivity index (χ0) is 19.0. The van der Waals surface area contributed by atoms with Gasteiger partial charge in [-0.15, -0.1) is 6.58 Å². The highest BCUT2D eigenvalue weighted by Gasteiger charge is 2.21. The molecule has 1 aliphatic rings. The number of hydrogen-bond donors (Lipinski definition) is 1. The highest BCUT2D eigenvalue weighted by atomic mass is 16.6. The molecule has 1 aliphatic carbocycles. The van der Waals surface area contributed by atoms with Crippen molar-refractivity contribution in [2.45, 2.75) is 72.4 Å². The van der Waals surface area contributed by atoms with Gasteiger partial charge in [-0.3, -0.25) is 0 Å². The highest BCUT2D eigenvalue weighted by molar-refractivity contribution is 5.68. The first-order valence-electron chi connectivity index (χ1n) is 9.32. The van der Waals surface area contributed by atoms with E-state index >= 15 is 0 Å². The van der Waals surface area contributed by atoms with Crippen molar-refractivity contribution < 1.29 is 9.53 Å². The number of rotatable bonds is 7. The molecule has 3 nitrogen and oxygen atoms in total. The maximum absolute atomic E-state index is 12.2. The molecule has 3 heteroatoms. The van der Waals surface area contributed by atoms with Gasteiger partial charge in [0.25, 0.3) is 0 Å². The highest BCUT2D eigenvalue weighted by Crippen LogP contribution is 2.26. The lowest BCUT2D eigenvalue weighted by molar-refractivity contribution is 0.0504. The fourth-order valence-electron chi connectivity index (χ4n) is 2.61. The van der Waals surface area contributed by atoms with Gasteiger partial charge < -0.3 is 10.1 Å². The number of nitrogens with one attached hydrogen (secondary N) is 1. The first kappa shape index (κ1) is 21.3. The quantitative estimate of drug-likeness (QED) is 0.579. The van der Waals surface area contributed by atoms with E-state index in [4.69, 9.17) is 4.74 Å². The molecule has 2 atom stereocenters. The van der Waals surface area contributed by atoms with Crippen LogP contribution in [-0.2, 0) is 4.74 Å². The standard InChI is InChI=1S/C22H35NO2/c1-8-9-10-19(18-13-11-17(4)12-14-18)15-20(16(2)3)23-21(24)25-22(5,6)7/h8,11,13-17,20H,1,9-10,12H2,2-7H3,(H,23,24)/b19-15-. The Labute approximate surface area is 153 Å². The second kappa shape index (κ2) is 9.65. The molecular weight excluding hydrogens is 310 g/mol. The topological polar surface area (TPSA) is 38.3 Å². The molecule has 140 valence electrons. The molecule has 1 rings (SSSR count). The number of alkyl carbamates (subject to hydrolysis) is 1. The van der Waals surface area contributed by atoms with Crippen molar-refractivity contribution in [3.8, 4) is 0 Å². The Morgan fingerprint density at radius 1 is 1.44 bits per heavy atom. The van der Waals surface area contributed by atoms with Gasteiger partial charge in [0.1, 0.15) is 5.60 Å². The predicted octanol–water partition coefficient (Wildman–Crippen LogP) is 5.95. The molecular formula is C22H35NO2. The van der Waals surface area contributed by atoms with Gasteiger partial charge in [-0.2, -0.15) is 0 Å². The number of amides is 1. The SMILES string of the molecule is C=CCC/C(=C/C(NC(=O)OC(C)(C)C)C(C)C)C1=CCC(C)C=C1. The molecule has 0 saturated heterocycles. The van der Waals surface area contributed by atoms with Crippen LogP contribution in [-0.4, -0.2) is 17.7 Å². The summed E-state index contributed by atoms with van der Waals surface area (Å²) in [6.45, 7) is 15.9. The summed E-state index contributed by atoms with van der Waals surface area (Å²) >= 11 is 0. The molecule has 0 saturated carbocycles. The van der Waals surface area contributed by atoms with Crippen LogP contribution in [0.1, 0.15) is 60.8 Å². The van der Waals surface area contributed by atoms with Gasteiger partial charge in [-0.25, -0.2) is 4.79 Å². The van der Waals surface area contributed by atoms with E-state index in [1.54, 1.807) is 0 Å². The summed E-state index contributed by atoms with van der Waals surface area (Å²) in [5.41, 5.74) is 2.03. The number of carbonyl (C=O) groups is 1. The molecule has 0 aromatic carbocycles. The van der Waals surface area contributed by atoms with Crippen LogP contribution in [0.4, 0.5) is 4.79 Å². The summed E-state index contributed by atoms with van der Waals surface area (Å²) in [6, 6.07) is -0.0664. The van der Waals surface area contributed by atoms with E-state index < -0.39 is 5.60 Å². The van der Waals surface area contributed by atoms with Crippen molar-refractivity contribution in [3.05, 3.63) is 48.1 Å². The molecule has 2 unspecified atom stereocenters. The van der Waals surface area contributed by atoms with Gasteiger partial charge in [0.15, 0.2) is 0 Å². The van der Waals surface area contributed by atoms with Crippen LogP contribution in [0.15, 0.2) is 48.1 Å². The van der Waals surface area contributed by atoms with Gasteiger partial charge >= 0.3 is 6.09 Å². The number of ether oxygens (including phenoxy) is 1. The van der Waals surface area contributed by atoms with Gasteiger partial charge in [0.05, 0.1) is 6.04 Å². The molecule has 0 fully saturated rings. The van der Waals surface area contributed by atoms with Crippen LogP contribution in [0.2, 0.25) is 0 Å². The maximum Gasteiger partial charge on any atom is 0.408 e. The van der Waals surface area contributed by atoms with E-state index in [0.717, 1.165) is 19.3 Å². The van der Waals surface area contributed by atoms with Gasteiger partial charge in [-0.05, 0) is 63.0 Å². The monoisotopic (exact) mass is 345 g/mol. The molecule has 0 radical (unpaired) electrons. The summed E-state index contributed by atoms with van der Waals surface area (Å²) in [5.74, 6) is 0.864. The Bertz CT molecular complexity index is 547. The summed E-state index contributed by atoms with van der Waals surface area (Å²) < 4.78 is 5.42. The lowest BCUT2D eigenvalue weighted by Gasteiger charge is -2.25. The zero-order valence-electron chi connectivity index (χ0n) is 16.8. The fourth-order valence-corrected chi connectivity index (χ4v) is 2.61. The lowest BCUT2D eigenvalue weighted by atomic mass is 9.89. The van der Waals surface area contributed by atoms with Crippen molar-refractivity contribution in [1.29, 1.82) is 0 Å². The summed E-state index contributed by atoms with van der Waals surface area (Å²) in [5, 5.41) is 3.01. The van der Waals surface area contributed by atoms with Crippen LogP contribution < -0.4 is 5.32 Å². The van der Waals surface area contributed by atoms with Crippen LogP contribution in [0.3, 0.4) is 0 Å². The third-order valence-corrected chi connectivity index (χ3v) is 4.08. The van der Waals surface area contributed by atoms with Crippen LogP contribution in [0.25, 0.3) is 0 Å². The predicted molar refractivity (Wildman–Crippen MR) is 107 cm³/mol. The first-order chi connectivity index (χ1) is 11.6. The zero-order valence-corrected chi connectivity index (χ0v) is 16.8. The van der Waals surface area contributed by atoms with Gasteiger partial charge in [0, 0.05) is 0 Å². The third-order valence-electron chi connectivity index (χ3n) is 4.08. The average molecular weight is 346 g/mol. The molecule has 0 heterocycles. The lowest BCUT2D eigenvalue weighted by Crippen LogP contribution is -2.41. The Morgan fingerprint density at radius 2 is 2.12 bits per heavy atom. The number of carbonyl (C=O) groups excluding carboxylic acids is 1. The molecule has 1 amide bonds. The van der Waals surface area contributed by atoms with Crippen molar-refractivity contribution in [3.63, 3.8) is 0 Å². The van der Waals surface area contributed by atoms with Crippen LogP contribution in [0.5, 0.6) is 0 Å². The van der Waals surface area contributed by atoms with Crippen LogP contribution in [0, 0.1) is 11.8 Å². The van der Waals surface area contributed by atoms with E-state index in [1.165, 1.54) is 11.1 Å². The van der Waals surface area contributed by atoms with E-state index in [1.807, 2.05) is 26.8 Å². The maximum atomic E-state index is 12.2. The van der Waals surface area contributed by atoms with Crippen molar-refractivity contribution >= 4 is 6.09 Å². The molecule has 0 bridgehead atoms. The van der Waals surface area contributed by atoms with Gasteiger partial charge in [0.2, 0.25) is 0 Å². The van der Waals surface area contributed by atoms with Crippen molar-refractivity contribution in [2.75, 3.05) is 0 Å². The first-order valence-corrected chi connectivity index (χ1v) is 9.32. The Kier molecular flexibility index (Phi) is 8.21.